The van der Waals surface area contributed by atoms with Gasteiger partial charge in [-0.1, -0.05) is 6.07 Å². The van der Waals surface area contributed by atoms with Crippen LogP contribution in [0, 0.1) is 13.8 Å². The molecule has 1 aromatic carbocycles. The molecule has 0 bridgehead atoms. The first-order valence-corrected chi connectivity index (χ1v) is 5.29. The van der Waals surface area contributed by atoms with E-state index >= 15 is 0 Å². The van der Waals surface area contributed by atoms with Gasteiger partial charge in [0.05, 0.1) is 11.3 Å². The Morgan fingerprint density at radius 2 is 1.83 bits per heavy atom. The van der Waals surface area contributed by atoms with E-state index in [2.05, 4.69) is 5.10 Å². The fraction of sp³-hybridized carbons (Fsp3) is 0.250. The number of rotatable bonds is 1. The Labute approximate surface area is 102 Å². The van der Waals surface area contributed by atoms with Crippen molar-refractivity contribution in [3.05, 3.63) is 41.1 Å². The average Bonchev–Trinajstić information content (AvgIpc) is 2.57. The van der Waals surface area contributed by atoms with Crippen LogP contribution in [0.4, 0.5) is 19.0 Å². The standard InChI is InChI=1S/C12H12F3N3/c1-7-3-4-9(6-10(7)12(13,14)15)18-8(2)5-11(16)17-18/h3-6H,1-2H3,(H2,16,17). The summed E-state index contributed by atoms with van der Waals surface area (Å²) in [5.41, 5.74) is 6.08. The third kappa shape index (κ3) is 2.18. The average molecular weight is 255 g/mol. The van der Waals surface area contributed by atoms with E-state index in [0.29, 0.717) is 11.4 Å². The number of hydrogen-bond acceptors (Lipinski definition) is 2. The molecular weight excluding hydrogens is 243 g/mol. The number of nitrogen functional groups attached to an aromatic ring is 1. The van der Waals surface area contributed by atoms with Gasteiger partial charge in [0.2, 0.25) is 0 Å². The quantitative estimate of drug-likeness (QED) is 0.851. The van der Waals surface area contributed by atoms with Gasteiger partial charge in [0.1, 0.15) is 5.82 Å². The number of alkyl halides is 3. The molecule has 2 rings (SSSR count). The van der Waals surface area contributed by atoms with Gasteiger partial charge in [-0.15, -0.1) is 0 Å². The van der Waals surface area contributed by atoms with Crippen molar-refractivity contribution in [3.8, 4) is 5.69 Å². The molecule has 2 N–H and O–H groups in total. The first-order chi connectivity index (χ1) is 8.29. The van der Waals surface area contributed by atoms with Crippen LogP contribution in [-0.4, -0.2) is 9.78 Å². The number of nitrogens with zero attached hydrogens (tertiary/aromatic N) is 2. The molecule has 0 aliphatic rings. The molecule has 96 valence electrons. The van der Waals surface area contributed by atoms with Gasteiger partial charge in [0, 0.05) is 11.8 Å². The highest BCUT2D eigenvalue weighted by Gasteiger charge is 2.32. The Hall–Kier alpha value is -1.98. The molecule has 0 unspecified atom stereocenters. The zero-order valence-corrected chi connectivity index (χ0v) is 9.92. The van der Waals surface area contributed by atoms with Gasteiger partial charge < -0.3 is 5.73 Å². The number of anilines is 1. The minimum Gasteiger partial charge on any atom is -0.382 e. The second-order valence-electron chi connectivity index (χ2n) is 4.12. The second kappa shape index (κ2) is 4.04. The van der Waals surface area contributed by atoms with Crippen molar-refractivity contribution in [2.45, 2.75) is 20.0 Å². The summed E-state index contributed by atoms with van der Waals surface area (Å²) in [6.07, 6.45) is -4.37. The summed E-state index contributed by atoms with van der Waals surface area (Å²) in [6, 6.07) is 5.70. The van der Waals surface area contributed by atoms with Crippen molar-refractivity contribution < 1.29 is 13.2 Å². The molecule has 0 aliphatic carbocycles. The third-order valence-electron chi connectivity index (χ3n) is 2.68. The van der Waals surface area contributed by atoms with Gasteiger partial charge in [-0.2, -0.15) is 18.3 Å². The Kier molecular flexibility index (Phi) is 2.80. The number of nitrogens with two attached hydrogens (primary N) is 1. The van der Waals surface area contributed by atoms with Crippen molar-refractivity contribution in [2.75, 3.05) is 5.73 Å². The van der Waals surface area contributed by atoms with E-state index in [9.17, 15) is 13.2 Å². The molecular formula is C12H12F3N3. The minimum atomic E-state index is -4.37. The molecule has 2 aromatic rings. The van der Waals surface area contributed by atoms with Gasteiger partial charge in [-0.3, -0.25) is 0 Å². The van der Waals surface area contributed by atoms with E-state index in [-0.39, 0.29) is 11.4 Å². The summed E-state index contributed by atoms with van der Waals surface area (Å²) in [5.74, 6) is 0.279. The molecule has 18 heavy (non-hydrogen) atoms. The van der Waals surface area contributed by atoms with Crippen LogP contribution in [0.1, 0.15) is 16.8 Å². The van der Waals surface area contributed by atoms with Gasteiger partial charge in [0.25, 0.3) is 0 Å². The highest BCUT2D eigenvalue weighted by atomic mass is 19.4. The fourth-order valence-corrected chi connectivity index (χ4v) is 1.81. The monoisotopic (exact) mass is 255 g/mol. The molecule has 1 aromatic heterocycles. The lowest BCUT2D eigenvalue weighted by Gasteiger charge is -2.12. The summed E-state index contributed by atoms with van der Waals surface area (Å²) >= 11 is 0. The summed E-state index contributed by atoms with van der Waals surface area (Å²) < 4.78 is 39.8. The summed E-state index contributed by atoms with van der Waals surface area (Å²) in [6.45, 7) is 3.16. The maximum absolute atomic E-state index is 12.8. The molecule has 1 heterocycles. The van der Waals surface area contributed by atoms with Gasteiger partial charge >= 0.3 is 6.18 Å². The Morgan fingerprint density at radius 1 is 1.17 bits per heavy atom. The summed E-state index contributed by atoms with van der Waals surface area (Å²) in [7, 11) is 0. The molecule has 3 nitrogen and oxygen atoms in total. The van der Waals surface area contributed by atoms with E-state index in [4.69, 9.17) is 5.73 Å². The van der Waals surface area contributed by atoms with E-state index in [0.717, 1.165) is 6.07 Å². The molecule has 0 saturated carbocycles. The normalized spacial score (nSPS) is 11.8. The van der Waals surface area contributed by atoms with Crippen LogP contribution >= 0.6 is 0 Å². The molecule has 6 heteroatoms. The van der Waals surface area contributed by atoms with Crippen LogP contribution in [0.3, 0.4) is 0 Å². The number of benzene rings is 1. The number of hydrogen-bond donors (Lipinski definition) is 1. The maximum atomic E-state index is 12.8. The van der Waals surface area contributed by atoms with E-state index < -0.39 is 11.7 Å². The van der Waals surface area contributed by atoms with Gasteiger partial charge in [-0.05, 0) is 31.5 Å². The molecule has 0 saturated heterocycles. The lowest BCUT2D eigenvalue weighted by atomic mass is 10.1. The lowest BCUT2D eigenvalue weighted by Crippen LogP contribution is -2.09. The first-order valence-electron chi connectivity index (χ1n) is 5.29. The number of aryl methyl sites for hydroxylation is 2. The number of aromatic nitrogens is 2. The van der Waals surface area contributed by atoms with E-state index in [1.165, 1.54) is 17.7 Å². The van der Waals surface area contributed by atoms with Crippen LogP contribution in [0.5, 0.6) is 0 Å². The summed E-state index contributed by atoms with van der Waals surface area (Å²) in [4.78, 5) is 0. The molecule has 0 spiro atoms. The van der Waals surface area contributed by atoms with Gasteiger partial charge in [-0.25, -0.2) is 4.68 Å². The van der Waals surface area contributed by atoms with Crippen molar-refractivity contribution in [1.82, 2.24) is 9.78 Å². The predicted molar refractivity (Wildman–Crippen MR) is 62.5 cm³/mol. The molecule has 0 fully saturated rings. The second-order valence-corrected chi connectivity index (χ2v) is 4.12. The Balaban J connectivity index is 2.57. The van der Waals surface area contributed by atoms with Crippen molar-refractivity contribution >= 4 is 5.82 Å². The number of halogens is 3. The molecule has 0 atom stereocenters. The van der Waals surface area contributed by atoms with Crippen molar-refractivity contribution in [3.63, 3.8) is 0 Å². The van der Waals surface area contributed by atoms with Crippen LogP contribution < -0.4 is 5.73 Å². The smallest absolute Gasteiger partial charge is 0.382 e. The predicted octanol–water partition coefficient (Wildman–Crippen LogP) is 3.09. The molecule has 0 aliphatic heterocycles. The summed E-state index contributed by atoms with van der Waals surface area (Å²) in [5, 5.41) is 3.96. The SMILES string of the molecule is Cc1ccc(-n2nc(N)cc2C)cc1C(F)(F)F. The van der Waals surface area contributed by atoms with Crippen LogP contribution in [0.2, 0.25) is 0 Å². The van der Waals surface area contributed by atoms with Crippen LogP contribution in [-0.2, 0) is 6.18 Å². The largest absolute Gasteiger partial charge is 0.416 e. The first kappa shape index (κ1) is 12.5. The maximum Gasteiger partial charge on any atom is 0.416 e. The van der Waals surface area contributed by atoms with E-state index in [1.807, 2.05) is 0 Å². The van der Waals surface area contributed by atoms with Crippen LogP contribution in [0.25, 0.3) is 5.69 Å². The topological polar surface area (TPSA) is 43.8 Å². The molecule has 0 amide bonds. The third-order valence-corrected chi connectivity index (χ3v) is 2.68. The van der Waals surface area contributed by atoms with E-state index in [1.54, 1.807) is 19.1 Å². The highest BCUT2D eigenvalue weighted by Crippen LogP contribution is 2.33. The van der Waals surface area contributed by atoms with Crippen molar-refractivity contribution in [1.29, 1.82) is 0 Å². The zero-order valence-electron chi connectivity index (χ0n) is 9.92. The Morgan fingerprint density at radius 3 is 2.33 bits per heavy atom. The van der Waals surface area contributed by atoms with Crippen LogP contribution in [0.15, 0.2) is 24.3 Å². The lowest BCUT2D eigenvalue weighted by molar-refractivity contribution is -0.138. The van der Waals surface area contributed by atoms with Gasteiger partial charge in [0.15, 0.2) is 0 Å². The highest BCUT2D eigenvalue weighted by molar-refractivity contribution is 5.44. The zero-order chi connectivity index (χ0) is 13.5. The van der Waals surface area contributed by atoms with Crippen molar-refractivity contribution in [2.24, 2.45) is 0 Å². The Bertz CT molecular complexity index is 585. The molecule has 0 radical (unpaired) electrons. The fourth-order valence-electron chi connectivity index (χ4n) is 1.81. The minimum absolute atomic E-state index is 0.184.